The van der Waals surface area contributed by atoms with E-state index in [0.29, 0.717) is 0 Å². The molecule has 1 saturated heterocycles. The zero-order valence-electron chi connectivity index (χ0n) is 11.0. The van der Waals surface area contributed by atoms with Crippen molar-refractivity contribution in [2.24, 2.45) is 5.92 Å². The fourth-order valence-electron chi connectivity index (χ4n) is 2.41. The smallest absolute Gasteiger partial charge is 0.254 e. The number of nitrogens with zero attached hydrogens (tertiary/aromatic N) is 2. The van der Waals surface area contributed by atoms with Crippen molar-refractivity contribution in [1.29, 1.82) is 0 Å². The van der Waals surface area contributed by atoms with Crippen LogP contribution in [-0.2, 0) is 0 Å². The molecule has 1 aliphatic heterocycles. The first-order valence-electron chi connectivity index (χ1n) is 6.28. The van der Waals surface area contributed by atoms with Gasteiger partial charge in [-0.05, 0) is 32.0 Å². The van der Waals surface area contributed by atoms with Crippen LogP contribution in [-0.4, -0.2) is 42.0 Å². The molecule has 1 N–H and O–H groups in total. The quantitative estimate of drug-likeness (QED) is 0.826. The second kappa shape index (κ2) is 5.61. The van der Waals surface area contributed by atoms with Gasteiger partial charge in [0.25, 0.3) is 5.91 Å². The van der Waals surface area contributed by atoms with Crippen molar-refractivity contribution < 1.29 is 13.6 Å². The molecular weight excluding hydrogens is 252 g/mol. The number of carbonyl (C=O) groups excluding carboxylic acids is 1. The van der Waals surface area contributed by atoms with Crippen molar-refractivity contribution >= 4 is 5.91 Å². The van der Waals surface area contributed by atoms with Gasteiger partial charge in [0.2, 0.25) is 5.95 Å². The second-order valence-corrected chi connectivity index (χ2v) is 5.07. The van der Waals surface area contributed by atoms with Crippen molar-refractivity contribution in [3.63, 3.8) is 0 Å². The summed E-state index contributed by atoms with van der Waals surface area (Å²) >= 11 is 0. The predicted molar refractivity (Wildman–Crippen MR) is 66.7 cm³/mol. The van der Waals surface area contributed by atoms with Crippen LogP contribution in [0.5, 0.6) is 0 Å². The van der Waals surface area contributed by atoms with Gasteiger partial charge >= 0.3 is 0 Å². The number of halogens is 2. The van der Waals surface area contributed by atoms with E-state index in [1.54, 1.807) is 0 Å². The van der Waals surface area contributed by atoms with Gasteiger partial charge in [-0.2, -0.15) is 4.39 Å². The summed E-state index contributed by atoms with van der Waals surface area (Å²) in [5.41, 5.74) is -0.293. The molecule has 0 saturated carbocycles. The van der Waals surface area contributed by atoms with Crippen LogP contribution in [0.3, 0.4) is 0 Å². The molecule has 0 spiro atoms. The fourth-order valence-corrected chi connectivity index (χ4v) is 2.41. The molecule has 1 fully saturated rings. The van der Waals surface area contributed by atoms with Crippen molar-refractivity contribution in [3.05, 3.63) is 29.6 Å². The summed E-state index contributed by atoms with van der Waals surface area (Å²) in [6.45, 7) is 3.78. The molecule has 1 aromatic rings. The zero-order chi connectivity index (χ0) is 14.0. The summed E-state index contributed by atoms with van der Waals surface area (Å²) in [6, 6.07) is 1.17. The third kappa shape index (κ3) is 3.07. The summed E-state index contributed by atoms with van der Waals surface area (Å²) in [6.07, 6.45) is 1.89. The molecule has 104 valence electrons. The maximum absolute atomic E-state index is 13.5. The van der Waals surface area contributed by atoms with Crippen LogP contribution >= 0.6 is 0 Å². The number of rotatable bonds is 2. The van der Waals surface area contributed by atoms with Gasteiger partial charge in [0.1, 0.15) is 0 Å². The number of carbonyl (C=O) groups is 1. The van der Waals surface area contributed by atoms with Gasteiger partial charge in [-0.3, -0.25) is 4.79 Å². The highest BCUT2D eigenvalue weighted by Crippen LogP contribution is 2.17. The average Bonchev–Trinajstić information content (AvgIpc) is 2.36. The number of hydrogen-bond donors (Lipinski definition) is 1. The lowest BCUT2D eigenvalue weighted by Crippen LogP contribution is -2.49. The predicted octanol–water partition coefficient (Wildman–Crippen LogP) is 1.43. The number of pyridine rings is 1. The molecule has 0 aliphatic carbocycles. The van der Waals surface area contributed by atoms with E-state index in [-0.39, 0.29) is 17.5 Å². The average molecular weight is 269 g/mol. The Morgan fingerprint density at radius 1 is 1.53 bits per heavy atom. The Balaban J connectivity index is 2.07. The maximum atomic E-state index is 13.5. The number of amides is 1. The summed E-state index contributed by atoms with van der Waals surface area (Å²) in [5.74, 6) is -2.75. The fraction of sp³-hybridized carbons (Fsp3) is 0.538. The van der Waals surface area contributed by atoms with Gasteiger partial charge < -0.3 is 10.2 Å². The van der Waals surface area contributed by atoms with E-state index >= 15 is 0 Å². The Hall–Kier alpha value is -1.56. The lowest BCUT2D eigenvalue weighted by atomic mass is 9.94. The maximum Gasteiger partial charge on any atom is 0.254 e. The Morgan fingerprint density at radius 3 is 2.95 bits per heavy atom. The van der Waals surface area contributed by atoms with Gasteiger partial charge in [0, 0.05) is 18.8 Å². The zero-order valence-corrected chi connectivity index (χ0v) is 11.0. The van der Waals surface area contributed by atoms with Crippen LogP contribution in [0.15, 0.2) is 12.3 Å². The molecular formula is C13H17F2N3O. The summed E-state index contributed by atoms with van der Waals surface area (Å²) in [5, 5.41) is 2.77. The molecule has 1 aliphatic rings. The van der Waals surface area contributed by atoms with Crippen LogP contribution in [0.2, 0.25) is 0 Å². The molecule has 0 radical (unpaired) electrons. The third-order valence-corrected chi connectivity index (χ3v) is 3.52. The van der Waals surface area contributed by atoms with E-state index in [4.69, 9.17) is 0 Å². The molecule has 0 aromatic carbocycles. The Labute approximate surface area is 110 Å². The third-order valence-electron chi connectivity index (χ3n) is 3.52. The monoisotopic (exact) mass is 269 g/mol. The van der Waals surface area contributed by atoms with Crippen molar-refractivity contribution in [1.82, 2.24) is 15.2 Å². The minimum Gasteiger partial charge on any atom is -0.349 e. The highest BCUT2D eigenvalue weighted by Gasteiger charge is 2.27. The van der Waals surface area contributed by atoms with Gasteiger partial charge in [-0.1, -0.05) is 6.92 Å². The van der Waals surface area contributed by atoms with Crippen LogP contribution < -0.4 is 5.32 Å². The molecule has 4 nitrogen and oxygen atoms in total. The number of piperidine rings is 1. The van der Waals surface area contributed by atoms with Crippen LogP contribution in [0.25, 0.3) is 0 Å². The minimum atomic E-state index is -1.25. The van der Waals surface area contributed by atoms with Crippen LogP contribution in [0.1, 0.15) is 23.7 Å². The lowest BCUT2D eigenvalue weighted by molar-refractivity contribution is 0.0878. The Morgan fingerprint density at radius 2 is 2.26 bits per heavy atom. The van der Waals surface area contributed by atoms with E-state index in [1.165, 1.54) is 6.07 Å². The Kier molecular flexibility index (Phi) is 4.09. The molecule has 2 rings (SSSR count). The van der Waals surface area contributed by atoms with Crippen molar-refractivity contribution in [2.45, 2.75) is 19.4 Å². The van der Waals surface area contributed by atoms with Gasteiger partial charge in [0.15, 0.2) is 5.82 Å². The highest BCUT2D eigenvalue weighted by molar-refractivity contribution is 5.94. The van der Waals surface area contributed by atoms with Crippen molar-refractivity contribution in [3.8, 4) is 0 Å². The summed E-state index contributed by atoms with van der Waals surface area (Å²) in [7, 11) is 2.02. The van der Waals surface area contributed by atoms with Crippen LogP contribution in [0, 0.1) is 17.7 Å². The first-order valence-corrected chi connectivity index (χ1v) is 6.28. The van der Waals surface area contributed by atoms with E-state index in [0.717, 1.165) is 25.7 Å². The van der Waals surface area contributed by atoms with Crippen molar-refractivity contribution in [2.75, 3.05) is 20.1 Å². The molecule has 1 amide bonds. The summed E-state index contributed by atoms with van der Waals surface area (Å²) < 4.78 is 26.4. The number of likely N-dealkylation sites (tertiary alicyclic amines) is 1. The molecule has 1 aromatic heterocycles. The standard InChI is InChI=1S/C13H17F2N3O/c1-8-7-18(2)6-4-10(8)17-13(19)9-3-5-16-12(15)11(9)14/h3,5,8,10H,4,6-7H2,1-2H3,(H,17,19). The topological polar surface area (TPSA) is 45.2 Å². The van der Waals surface area contributed by atoms with Gasteiger partial charge in [-0.25, -0.2) is 9.37 Å². The first-order chi connectivity index (χ1) is 8.99. The molecule has 0 bridgehead atoms. The Bertz CT molecular complexity index is 481. The SMILES string of the molecule is CC1CN(C)CCC1NC(=O)c1ccnc(F)c1F. The van der Waals surface area contributed by atoms with E-state index in [9.17, 15) is 13.6 Å². The summed E-state index contributed by atoms with van der Waals surface area (Å²) in [4.78, 5) is 17.3. The number of aromatic nitrogens is 1. The molecule has 2 unspecified atom stereocenters. The highest BCUT2D eigenvalue weighted by atomic mass is 19.2. The van der Waals surface area contributed by atoms with E-state index in [1.807, 2.05) is 14.0 Å². The molecule has 19 heavy (non-hydrogen) atoms. The number of nitrogens with one attached hydrogen (secondary N) is 1. The number of hydrogen-bond acceptors (Lipinski definition) is 3. The van der Waals surface area contributed by atoms with Crippen LogP contribution in [0.4, 0.5) is 8.78 Å². The van der Waals surface area contributed by atoms with E-state index < -0.39 is 17.7 Å². The van der Waals surface area contributed by atoms with Gasteiger partial charge in [-0.15, -0.1) is 0 Å². The van der Waals surface area contributed by atoms with Gasteiger partial charge in [0.05, 0.1) is 5.56 Å². The first kappa shape index (κ1) is 13.9. The largest absolute Gasteiger partial charge is 0.349 e. The normalized spacial score (nSPS) is 24.2. The minimum absolute atomic E-state index is 0.0145. The van der Waals surface area contributed by atoms with E-state index in [2.05, 4.69) is 15.2 Å². The lowest BCUT2D eigenvalue weighted by Gasteiger charge is -2.35. The molecule has 2 atom stereocenters. The molecule has 6 heteroatoms. The second-order valence-electron chi connectivity index (χ2n) is 5.07. The molecule has 2 heterocycles.